The highest BCUT2D eigenvalue weighted by molar-refractivity contribution is 5.82. The van der Waals surface area contributed by atoms with Crippen LogP contribution < -0.4 is 5.32 Å². The second kappa shape index (κ2) is 8.74. The number of fused-ring (bicyclic) bond motifs is 1. The van der Waals surface area contributed by atoms with Crippen LogP contribution in [-0.4, -0.2) is 66.3 Å². The molecule has 1 aromatic carbocycles. The molecule has 2 aliphatic rings. The van der Waals surface area contributed by atoms with E-state index < -0.39 is 24.5 Å². The molecular weight excluding hydrogens is 410 g/mol. The largest absolute Gasteiger partial charge is 0.394 e. The molecule has 0 radical (unpaired) electrons. The Morgan fingerprint density at radius 2 is 1.81 bits per heavy atom. The predicted octanol–water partition coefficient (Wildman–Crippen LogP) is 1.75. The monoisotopic (exact) mass is 439 g/mol. The Morgan fingerprint density at radius 3 is 2.53 bits per heavy atom. The van der Waals surface area contributed by atoms with Gasteiger partial charge in [0.15, 0.2) is 23.2 Å². The Hall–Kier alpha value is -2.59. The Bertz CT molecular complexity index is 1050. The SMILES string of the molecule is OC[C@H]1O[C@@H](n2cnc3c(NCC4(c5ccccc5)CCCCC4)ncnc32)C(O)C1O. The Labute approximate surface area is 186 Å². The van der Waals surface area contributed by atoms with Gasteiger partial charge < -0.3 is 25.4 Å². The fourth-order valence-corrected chi connectivity index (χ4v) is 5.12. The number of benzene rings is 1. The Kier molecular flexibility index (Phi) is 5.81. The number of anilines is 1. The number of hydrogen-bond donors (Lipinski definition) is 4. The summed E-state index contributed by atoms with van der Waals surface area (Å²) in [6.07, 6.45) is 4.78. The molecule has 9 heteroatoms. The van der Waals surface area contributed by atoms with E-state index >= 15 is 0 Å². The van der Waals surface area contributed by atoms with Crippen LogP contribution in [0.1, 0.15) is 43.9 Å². The van der Waals surface area contributed by atoms with Crippen molar-refractivity contribution in [1.29, 1.82) is 0 Å². The minimum absolute atomic E-state index is 0.0442. The van der Waals surface area contributed by atoms with Gasteiger partial charge in [-0.25, -0.2) is 15.0 Å². The van der Waals surface area contributed by atoms with E-state index in [-0.39, 0.29) is 12.0 Å². The van der Waals surface area contributed by atoms with Gasteiger partial charge in [-0.05, 0) is 18.4 Å². The van der Waals surface area contributed by atoms with Crippen molar-refractivity contribution in [3.05, 3.63) is 48.5 Å². The summed E-state index contributed by atoms with van der Waals surface area (Å²) in [4.78, 5) is 13.2. The van der Waals surface area contributed by atoms with Crippen LogP contribution in [0.5, 0.6) is 0 Å². The second-order valence-corrected chi connectivity index (χ2v) is 8.84. The third-order valence-corrected chi connectivity index (χ3v) is 6.94. The molecule has 9 nitrogen and oxygen atoms in total. The Balaban J connectivity index is 1.42. The van der Waals surface area contributed by atoms with Crippen molar-refractivity contribution in [1.82, 2.24) is 19.5 Å². The van der Waals surface area contributed by atoms with Crippen LogP contribution in [0.3, 0.4) is 0 Å². The van der Waals surface area contributed by atoms with E-state index in [1.54, 1.807) is 4.57 Å². The lowest BCUT2D eigenvalue weighted by molar-refractivity contribution is -0.0511. The molecule has 0 bridgehead atoms. The molecule has 2 fully saturated rings. The highest BCUT2D eigenvalue weighted by atomic mass is 16.6. The van der Waals surface area contributed by atoms with E-state index in [1.165, 1.54) is 37.5 Å². The number of nitrogens with zero attached hydrogens (tertiary/aromatic N) is 4. The van der Waals surface area contributed by atoms with Crippen molar-refractivity contribution in [2.45, 2.75) is 62.1 Å². The quantitative estimate of drug-likeness (QED) is 0.458. The molecule has 2 aromatic heterocycles. The summed E-state index contributed by atoms with van der Waals surface area (Å²) in [5.74, 6) is 0.626. The van der Waals surface area contributed by atoms with Gasteiger partial charge in [-0.1, -0.05) is 49.6 Å². The molecule has 1 aliphatic carbocycles. The molecule has 4 N–H and O–H groups in total. The molecule has 170 valence electrons. The van der Waals surface area contributed by atoms with Crippen LogP contribution in [0, 0.1) is 0 Å². The minimum atomic E-state index is -1.19. The first-order valence-electron chi connectivity index (χ1n) is 11.2. The topological polar surface area (TPSA) is 126 Å². The zero-order valence-corrected chi connectivity index (χ0v) is 17.8. The van der Waals surface area contributed by atoms with E-state index in [4.69, 9.17) is 4.74 Å². The van der Waals surface area contributed by atoms with E-state index in [0.29, 0.717) is 17.0 Å². The number of ether oxygens (including phenoxy) is 1. The summed E-state index contributed by atoms with van der Waals surface area (Å²) in [5.41, 5.74) is 2.45. The number of nitrogens with one attached hydrogen (secondary N) is 1. The minimum Gasteiger partial charge on any atom is -0.394 e. The highest BCUT2D eigenvalue weighted by Crippen LogP contribution is 2.40. The van der Waals surface area contributed by atoms with Gasteiger partial charge in [0.25, 0.3) is 0 Å². The van der Waals surface area contributed by atoms with Crippen molar-refractivity contribution in [3.8, 4) is 0 Å². The highest BCUT2D eigenvalue weighted by Gasteiger charge is 2.44. The maximum atomic E-state index is 10.4. The third-order valence-electron chi connectivity index (χ3n) is 6.94. The lowest BCUT2D eigenvalue weighted by Gasteiger charge is -2.38. The number of rotatable bonds is 6. The van der Waals surface area contributed by atoms with Gasteiger partial charge in [-0.2, -0.15) is 0 Å². The summed E-state index contributed by atoms with van der Waals surface area (Å²) in [7, 11) is 0. The third kappa shape index (κ3) is 3.65. The summed E-state index contributed by atoms with van der Waals surface area (Å²) >= 11 is 0. The molecule has 3 heterocycles. The zero-order valence-electron chi connectivity index (χ0n) is 17.8. The number of hydrogen-bond acceptors (Lipinski definition) is 8. The molecule has 4 atom stereocenters. The molecule has 5 rings (SSSR count). The molecule has 2 unspecified atom stereocenters. The molecule has 1 saturated carbocycles. The van der Waals surface area contributed by atoms with Crippen molar-refractivity contribution in [2.75, 3.05) is 18.5 Å². The first-order valence-corrected chi connectivity index (χ1v) is 11.2. The molecule has 32 heavy (non-hydrogen) atoms. The fraction of sp³-hybridized carbons (Fsp3) is 0.522. The number of aliphatic hydroxyl groups excluding tert-OH is 3. The van der Waals surface area contributed by atoms with Crippen molar-refractivity contribution >= 4 is 17.0 Å². The lowest BCUT2D eigenvalue weighted by Crippen LogP contribution is -2.36. The van der Waals surface area contributed by atoms with Crippen LogP contribution in [0.15, 0.2) is 43.0 Å². The van der Waals surface area contributed by atoms with Crippen molar-refractivity contribution in [2.24, 2.45) is 0 Å². The average Bonchev–Trinajstić information content (AvgIpc) is 3.40. The summed E-state index contributed by atoms with van der Waals surface area (Å²) in [6, 6.07) is 10.7. The van der Waals surface area contributed by atoms with Gasteiger partial charge in [0.05, 0.1) is 12.9 Å². The predicted molar refractivity (Wildman–Crippen MR) is 118 cm³/mol. The molecule has 0 spiro atoms. The number of aliphatic hydroxyl groups is 3. The van der Waals surface area contributed by atoms with Crippen molar-refractivity contribution < 1.29 is 20.1 Å². The molecule has 1 saturated heterocycles. The molecule has 1 aliphatic heterocycles. The first-order chi connectivity index (χ1) is 15.6. The summed E-state index contributed by atoms with van der Waals surface area (Å²) in [6.45, 7) is 0.356. The van der Waals surface area contributed by atoms with E-state index in [0.717, 1.165) is 19.4 Å². The number of imidazole rings is 1. The fourth-order valence-electron chi connectivity index (χ4n) is 5.12. The maximum absolute atomic E-state index is 10.4. The first kappa shape index (κ1) is 21.3. The van der Waals surface area contributed by atoms with Crippen molar-refractivity contribution in [3.63, 3.8) is 0 Å². The van der Waals surface area contributed by atoms with Crippen LogP contribution in [0.4, 0.5) is 5.82 Å². The molecule has 3 aromatic rings. The van der Waals surface area contributed by atoms with E-state index in [2.05, 4.69) is 44.5 Å². The standard InChI is InChI=1S/C23H29N5O4/c29-11-16-18(30)19(31)22(32-16)28-14-27-17-20(25-13-26-21(17)28)24-12-23(9-5-2-6-10-23)15-7-3-1-4-8-15/h1,3-4,7-8,13-14,16,18-19,22,29-31H,2,5-6,9-12H2,(H,24,25,26)/t16-,18?,19?,22-/m1/s1. The van der Waals surface area contributed by atoms with Crippen LogP contribution in [0.2, 0.25) is 0 Å². The van der Waals surface area contributed by atoms with Gasteiger partial charge in [0, 0.05) is 12.0 Å². The second-order valence-electron chi connectivity index (χ2n) is 8.84. The Morgan fingerprint density at radius 1 is 1.03 bits per heavy atom. The number of aromatic nitrogens is 4. The van der Waals surface area contributed by atoms with Crippen LogP contribution in [-0.2, 0) is 10.2 Å². The van der Waals surface area contributed by atoms with E-state index in [9.17, 15) is 15.3 Å². The maximum Gasteiger partial charge on any atom is 0.167 e. The summed E-state index contributed by atoms with van der Waals surface area (Å²) in [5, 5.41) is 33.4. The van der Waals surface area contributed by atoms with Crippen LogP contribution in [0.25, 0.3) is 11.2 Å². The normalized spacial score (nSPS) is 27.6. The zero-order chi connectivity index (χ0) is 22.1. The lowest BCUT2D eigenvalue weighted by atomic mass is 9.69. The van der Waals surface area contributed by atoms with Crippen LogP contribution >= 0.6 is 0 Å². The van der Waals surface area contributed by atoms with Gasteiger partial charge in [-0.15, -0.1) is 0 Å². The summed E-state index contributed by atoms with van der Waals surface area (Å²) < 4.78 is 7.23. The van der Waals surface area contributed by atoms with Gasteiger partial charge in [-0.3, -0.25) is 4.57 Å². The van der Waals surface area contributed by atoms with Gasteiger partial charge in [0.2, 0.25) is 0 Å². The molecule has 0 amide bonds. The molecular formula is C23H29N5O4. The van der Waals surface area contributed by atoms with Gasteiger partial charge >= 0.3 is 0 Å². The average molecular weight is 440 g/mol. The van der Waals surface area contributed by atoms with E-state index in [1.807, 2.05) is 6.07 Å². The van der Waals surface area contributed by atoms with Gasteiger partial charge in [0.1, 0.15) is 24.6 Å². The smallest absolute Gasteiger partial charge is 0.167 e.